The summed E-state index contributed by atoms with van der Waals surface area (Å²) in [5.74, 6) is 0.421. The minimum Gasteiger partial charge on any atom is -0.394 e. The first-order chi connectivity index (χ1) is 9.13. The molecule has 0 aromatic heterocycles. The van der Waals surface area contributed by atoms with Crippen LogP contribution in [0.5, 0.6) is 0 Å². The monoisotopic (exact) mass is 282 g/mol. The maximum atomic E-state index is 9.81. The number of aliphatic hydroxyl groups excluding tert-OH is 1. The molecule has 0 atom stereocenters. The molecule has 0 fully saturated rings. The van der Waals surface area contributed by atoms with Gasteiger partial charge in [-0.2, -0.15) is 0 Å². The van der Waals surface area contributed by atoms with Crippen LogP contribution in [0.1, 0.15) is 53.5 Å². The summed E-state index contributed by atoms with van der Waals surface area (Å²) in [6.45, 7) is 12.0. The molecule has 0 radical (unpaired) electrons. The number of hydrogen-bond donors (Lipinski definition) is 1. The van der Waals surface area contributed by atoms with Crippen molar-refractivity contribution >= 4 is 11.6 Å². The first-order valence-corrected chi connectivity index (χ1v) is 6.79. The fourth-order valence-electron chi connectivity index (χ4n) is 0.534. The number of carbonyl (C=O) groups is 2. The Bertz CT molecular complexity index is 323. The number of ketones is 2. The van der Waals surface area contributed by atoms with Crippen molar-refractivity contribution in [3.05, 3.63) is 35.9 Å². The Morgan fingerprint density at radius 1 is 1.05 bits per heavy atom. The van der Waals surface area contributed by atoms with Crippen LogP contribution in [-0.2, 0) is 9.59 Å². The van der Waals surface area contributed by atoms with Gasteiger partial charge in [-0.05, 0) is 41.5 Å². The average Bonchev–Trinajstić information content (AvgIpc) is 2.29. The molecule has 0 bridgehead atoms. The summed E-state index contributed by atoms with van der Waals surface area (Å²) >= 11 is 0. The van der Waals surface area contributed by atoms with Gasteiger partial charge >= 0.3 is 0 Å². The van der Waals surface area contributed by atoms with Crippen LogP contribution in [0.4, 0.5) is 0 Å². The van der Waals surface area contributed by atoms with Crippen molar-refractivity contribution in [1.82, 2.24) is 0 Å². The maximum Gasteiger partial charge on any atom is 0.129 e. The third-order valence-corrected chi connectivity index (χ3v) is 1.44. The van der Waals surface area contributed by atoms with Crippen LogP contribution in [-0.4, -0.2) is 22.8 Å². The molecule has 0 spiro atoms. The molecule has 1 rings (SSSR count). The van der Waals surface area contributed by atoms with Gasteiger partial charge in [0.2, 0.25) is 0 Å². The van der Waals surface area contributed by atoms with Gasteiger partial charge in [0.25, 0.3) is 0 Å². The standard InChI is InChI=1S/C7H8.C4H8O.C3H8O.C3H6O/c1-7-5-3-2-4-6-7;1-3-4(2)5;2*1-3(2)4/h2-6H,1H3;3H2,1-2H3;3-4H,1-2H3;1-2H3. The van der Waals surface area contributed by atoms with E-state index in [2.05, 4.69) is 19.1 Å². The van der Waals surface area contributed by atoms with Gasteiger partial charge in [0.1, 0.15) is 11.6 Å². The van der Waals surface area contributed by atoms with Crippen molar-refractivity contribution in [2.24, 2.45) is 0 Å². The van der Waals surface area contributed by atoms with E-state index in [9.17, 15) is 9.59 Å². The van der Waals surface area contributed by atoms with E-state index in [1.165, 1.54) is 19.4 Å². The summed E-state index contributed by atoms with van der Waals surface area (Å²) in [6.07, 6.45) is 0.500. The molecule has 116 valence electrons. The van der Waals surface area contributed by atoms with Crippen LogP contribution >= 0.6 is 0 Å². The van der Waals surface area contributed by atoms with Gasteiger partial charge in [0.05, 0.1) is 0 Å². The van der Waals surface area contributed by atoms with Crippen molar-refractivity contribution in [2.75, 3.05) is 0 Å². The van der Waals surface area contributed by atoms with Gasteiger partial charge in [0, 0.05) is 12.5 Å². The summed E-state index contributed by atoms with van der Waals surface area (Å²) < 4.78 is 0. The fourth-order valence-corrected chi connectivity index (χ4v) is 0.534. The predicted octanol–water partition coefficient (Wildman–Crippen LogP) is 3.96. The SMILES string of the molecule is CC(C)=O.CC(C)O.CCC(C)=O.Cc1ccccc1. The third-order valence-electron chi connectivity index (χ3n) is 1.44. The Morgan fingerprint density at radius 3 is 1.40 bits per heavy atom. The molecule has 0 heterocycles. The molecule has 0 saturated heterocycles. The van der Waals surface area contributed by atoms with E-state index in [0.29, 0.717) is 6.42 Å². The molecule has 1 aromatic rings. The Kier molecular flexibility index (Phi) is 20.7. The lowest BCUT2D eigenvalue weighted by atomic mass is 10.2. The second-order valence-electron chi connectivity index (χ2n) is 4.71. The Morgan fingerprint density at radius 2 is 1.30 bits per heavy atom. The number of carbonyl (C=O) groups excluding carboxylic acids is 2. The lowest BCUT2D eigenvalue weighted by Gasteiger charge is -1.82. The fraction of sp³-hybridized carbons (Fsp3) is 0.529. The number of benzene rings is 1. The van der Waals surface area contributed by atoms with E-state index in [0.717, 1.165) is 0 Å². The molecule has 3 nitrogen and oxygen atoms in total. The molecule has 0 aliphatic rings. The Balaban J connectivity index is -0.000000201. The second-order valence-corrected chi connectivity index (χ2v) is 4.71. The first kappa shape index (κ1) is 23.6. The van der Waals surface area contributed by atoms with E-state index in [-0.39, 0.29) is 17.7 Å². The molecule has 0 aliphatic carbocycles. The largest absolute Gasteiger partial charge is 0.394 e. The molecule has 0 unspecified atom stereocenters. The number of hydrogen-bond acceptors (Lipinski definition) is 3. The Labute approximate surface area is 124 Å². The van der Waals surface area contributed by atoms with Gasteiger partial charge in [0.15, 0.2) is 0 Å². The summed E-state index contributed by atoms with van der Waals surface area (Å²) in [5, 5.41) is 8.06. The number of rotatable bonds is 1. The van der Waals surface area contributed by atoms with Crippen molar-refractivity contribution in [3.8, 4) is 0 Å². The molecule has 0 saturated carbocycles. The normalized spacial score (nSPS) is 8.05. The minimum absolute atomic E-state index is 0.167. The highest BCUT2D eigenvalue weighted by molar-refractivity contribution is 5.74. The van der Waals surface area contributed by atoms with Crippen LogP contribution in [0.15, 0.2) is 30.3 Å². The zero-order valence-electron chi connectivity index (χ0n) is 13.9. The van der Waals surface area contributed by atoms with Gasteiger partial charge in [-0.1, -0.05) is 42.8 Å². The van der Waals surface area contributed by atoms with Crippen molar-refractivity contribution in [2.45, 2.75) is 61.0 Å². The highest BCUT2D eigenvalue weighted by Crippen LogP contribution is 1.92. The van der Waals surface area contributed by atoms with Gasteiger partial charge in [-0.15, -0.1) is 0 Å². The van der Waals surface area contributed by atoms with Crippen molar-refractivity contribution < 1.29 is 14.7 Å². The topological polar surface area (TPSA) is 54.4 Å². The molecule has 0 amide bonds. The highest BCUT2D eigenvalue weighted by Gasteiger charge is 1.77. The van der Waals surface area contributed by atoms with Gasteiger partial charge in [-0.3, -0.25) is 0 Å². The molecule has 20 heavy (non-hydrogen) atoms. The van der Waals surface area contributed by atoms with E-state index >= 15 is 0 Å². The van der Waals surface area contributed by atoms with E-state index in [1.807, 2.05) is 25.1 Å². The van der Waals surface area contributed by atoms with Gasteiger partial charge in [-0.25, -0.2) is 0 Å². The zero-order chi connectivity index (χ0) is 16.6. The quantitative estimate of drug-likeness (QED) is 0.848. The van der Waals surface area contributed by atoms with Crippen molar-refractivity contribution in [1.29, 1.82) is 0 Å². The zero-order valence-corrected chi connectivity index (χ0v) is 13.9. The molecule has 1 N–H and O–H groups in total. The van der Waals surface area contributed by atoms with E-state index < -0.39 is 0 Å². The number of aryl methyl sites for hydroxylation is 1. The minimum atomic E-state index is -0.167. The lowest BCUT2D eigenvalue weighted by Crippen LogP contribution is -1.85. The van der Waals surface area contributed by atoms with Crippen LogP contribution in [0.3, 0.4) is 0 Å². The smallest absolute Gasteiger partial charge is 0.129 e. The van der Waals surface area contributed by atoms with Crippen LogP contribution in [0, 0.1) is 6.92 Å². The molecule has 1 aromatic carbocycles. The number of aliphatic hydroxyl groups is 1. The molecular weight excluding hydrogens is 252 g/mol. The molecular formula is C17H30O3. The third kappa shape index (κ3) is 54.8. The van der Waals surface area contributed by atoms with E-state index in [1.54, 1.807) is 20.8 Å². The second kappa shape index (κ2) is 17.5. The molecule has 3 heteroatoms. The predicted molar refractivity (Wildman–Crippen MR) is 85.9 cm³/mol. The average molecular weight is 282 g/mol. The maximum absolute atomic E-state index is 9.81. The molecule has 0 aliphatic heterocycles. The highest BCUT2D eigenvalue weighted by atomic mass is 16.3. The van der Waals surface area contributed by atoms with Crippen LogP contribution in [0.2, 0.25) is 0 Å². The summed E-state index contributed by atoms with van der Waals surface area (Å²) in [7, 11) is 0. The van der Waals surface area contributed by atoms with E-state index in [4.69, 9.17) is 5.11 Å². The van der Waals surface area contributed by atoms with Crippen LogP contribution in [0.25, 0.3) is 0 Å². The summed E-state index contributed by atoms with van der Waals surface area (Å²) in [6, 6.07) is 10.3. The summed E-state index contributed by atoms with van der Waals surface area (Å²) in [5.41, 5.74) is 1.32. The first-order valence-electron chi connectivity index (χ1n) is 6.79. The Hall–Kier alpha value is -1.48. The van der Waals surface area contributed by atoms with Crippen molar-refractivity contribution in [3.63, 3.8) is 0 Å². The number of Topliss-reactive ketones (excluding diaryl/α,β-unsaturated/α-hetero) is 2. The lowest BCUT2D eigenvalue weighted by molar-refractivity contribution is -0.117. The van der Waals surface area contributed by atoms with Crippen LogP contribution < -0.4 is 0 Å². The van der Waals surface area contributed by atoms with Gasteiger partial charge < -0.3 is 14.7 Å². The summed E-state index contributed by atoms with van der Waals surface area (Å²) in [4.78, 5) is 19.3.